The van der Waals surface area contributed by atoms with Gasteiger partial charge in [0.2, 0.25) is 0 Å². The molecule has 0 aliphatic heterocycles. The second-order valence-corrected chi connectivity index (χ2v) is 1.92. The third-order valence-electron chi connectivity index (χ3n) is 1.03. The van der Waals surface area contributed by atoms with Crippen LogP contribution in [0.4, 0.5) is 0 Å². The molecule has 1 rings (SSSR count). The molecule has 0 amide bonds. The average Bonchev–Trinajstić information content (AvgIpc) is 2.13. The van der Waals surface area contributed by atoms with Gasteiger partial charge in [0.25, 0.3) is 0 Å². The lowest BCUT2D eigenvalue weighted by molar-refractivity contribution is 1.10. The zero-order valence-corrected chi connectivity index (χ0v) is 8.05. The van der Waals surface area contributed by atoms with Gasteiger partial charge in [-0.2, -0.15) is 0 Å². The summed E-state index contributed by atoms with van der Waals surface area (Å²) in [6.07, 6.45) is 3.38. The van der Waals surface area contributed by atoms with Crippen LogP contribution in [0.1, 0.15) is 32.2 Å². The Morgan fingerprint density at radius 3 is 2.25 bits per heavy atom. The van der Waals surface area contributed by atoms with Gasteiger partial charge in [-0.1, -0.05) is 19.8 Å². The van der Waals surface area contributed by atoms with E-state index in [-0.39, 0.29) is 0 Å². The van der Waals surface area contributed by atoms with Crippen molar-refractivity contribution in [2.45, 2.75) is 27.7 Å². The summed E-state index contributed by atoms with van der Waals surface area (Å²) in [7, 11) is 0. The molecule has 0 spiro atoms. The van der Waals surface area contributed by atoms with Gasteiger partial charge in [0, 0.05) is 6.20 Å². The molecule has 12 heavy (non-hydrogen) atoms. The molecule has 0 fully saturated rings. The molecule has 0 atom stereocenters. The van der Waals surface area contributed by atoms with Crippen molar-refractivity contribution in [2.75, 3.05) is 0 Å². The minimum atomic E-state index is 0.730. The zero-order chi connectivity index (χ0) is 9.40. The lowest BCUT2D eigenvalue weighted by Crippen LogP contribution is -1.86. The summed E-state index contributed by atoms with van der Waals surface area (Å²) in [5, 5.41) is 0. The van der Waals surface area contributed by atoms with Crippen molar-refractivity contribution in [3.63, 3.8) is 0 Å². The third-order valence-corrected chi connectivity index (χ3v) is 1.03. The van der Waals surface area contributed by atoms with E-state index in [2.05, 4.69) is 21.8 Å². The van der Waals surface area contributed by atoms with Crippen LogP contribution >= 0.6 is 0 Å². The van der Waals surface area contributed by atoms with E-state index in [4.69, 9.17) is 0 Å². The fraction of sp³-hybridized carbons (Fsp3) is 0.400. The van der Waals surface area contributed by atoms with Gasteiger partial charge in [-0.25, -0.2) is 4.98 Å². The maximum Gasteiger partial charge on any atom is 0.131 e. The standard InChI is InChI=1S/C8H8N2.C2H6/c1-3-4-8-6-9-7(2)5-10-8;1-2/h5-6H,1-2H3;1-2H3. The number of hydrogen-bond donors (Lipinski definition) is 0. The van der Waals surface area contributed by atoms with Crippen LogP contribution < -0.4 is 0 Å². The minimum absolute atomic E-state index is 0.730. The molecule has 1 heterocycles. The van der Waals surface area contributed by atoms with Crippen molar-refractivity contribution in [3.8, 4) is 11.8 Å². The lowest BCUT2D eigenvalue weighted by atomic mass is 10.4. The quantitative estimate of drug-likeness (QED) is 0.546. The van der Waals surface area contributed by atoms with Gasteiger partial charge in [0.15, 0.2) is 0 Å². The Bertz CT molecular complexity index is 264. The molecule has 0 aromatic carbocycles. The van der Waals surface area contributed by atoms with Gasteiger partial charge in [-0.3, -0.25) is 4.98 Å². The maximum absolute atomic E-state index is 4.03. The van der Waals surface area contributed by atoms with Crippen LogP contribution in [0.15, 0.2) is 12.4 Å². The van der Waals surface area contributed by atoms with E-state index in [1.807, 2.05) is 20.8 Å². The van der Waals surface area contributed by atoms with E-state index in [9.17, 15) is 0 Å². The smallest absolute Gasteiger partial charge is 0.131 e. The van der Waals surface area contributed by atoms with Crippen LogP contribution in [-0.2, 0) is 0 Å². The molecule has 0 aliphatic rings. The van der Waals surface area contributed by atoms with E-state index in [1.54, 1.807) is 19.3 Å². The first-order valence-corrected chi connectivity index (χ1v) is 4.04. The average molecular weight is 162 g/mol. The molecule has 1 aromatic rings. The highest BCUT2D eigenvalue weighted by atomic mass is 14.8. The highest BCUT2D eigenvalue weighted by molar-refractivity contribution is 5.23. The first-order chi connectivity index (χ1) is 5.83. The van der Waals surface area contributed by atoms with Gasteiger partial charge in [-0.05, 0) is 19.8 Å². The summed E-state index contributed by atoms with van der Waals surface area (Å²) in [5.41, 5.74) is 1.65. The topological polar surface area (TPSA) is 25.8 Å². The molecule has 0 saturated heterocycles. The second kappa shape index (κ2) is 6.36. The van der Waals surface area contributed by atoms with E-state index in [0.717, 1.165) is 11.4 Å². The highest BCUT2D eigenvalue weighted by Gasteiger charge is 1.86. The lowest BCUT2D eigenvalue weighted by Gasteiger charge is -1.88. The Kier molecular flexibility index (Phi) is 5.64. The summed E-state index contributed by atoms with van der Waals surface area (Å²) < 4.78 is 0. The fourth-order valence-corrected chi connectivity index (χ4v) is 0.585. The molecule has 2 nitrogen and oxygen atoms in total. The Labute approximate surface area is 74.1 Å². The van der Waals surface area contributed by atoms with Crippen LogP contribution in [0.5, 0.6) is 0 Å². The SMILES string of the molecule is CC.CC#Cc1cnc(C)cn1. The Morgan fingerprint density at radius 1 is 1.17 bits per heavy atom. The van der Waals surface area contributed by atoms with Gasteiger partial charge in [0.05, 0.1) is 11.9 Å². The summed E-state index contributed by atoms with van der Waals surface area (Å²) in [5.74, 6) is 5.56. The van der Waals surface area contributed by atoms with Gasteiger partial charge < -0.3 is 0 Å². The van der Waals surface area contributed by atoms with Crippen LogP contribution in [0, 0.1) is 18.8 Å². The fourth-order valence-electron chi connectivity index (χ4n) is 0.585. The van der Waals surface area contributed by atoms with Crippen molar-refractivity contribution in [2.24, 2.45) is 0 Å². The van der Waals surface area contributed by atoms with E-state index >= 15 is 0 Å². The van der Waals surface area contributed by atoms with Crippen molar-refractivity contribution in [1.82, 2.24) is 9.97 Å². The summed E-state index contributed by atoms with van der Waals surface area (Å²) >= 11 is 0. The van der Waals surface area contributed by atoms with Crippen molar-refractivity contribution in [1.29, 1.82) is 0 Å². The molecule has 2 heteroatoms. The van der Waals surface area contributed by atoms with E-state index < -0.39 is 0 Å². The van der Waals surface area contributed by atoms with Crippen molar-refractivity contribution >= 4 is 0 Å². The molecule has 0 N–H and O–H groups in total. The summed E-state index contributed by atoms with van der Waals surface area (Å²) in [6.45, 7) is 7.68. The van der Waals surface area contributed by atoms with Crippen molar-refractivity contribution in [3.05, 3.63) is 23.8 Å². The number of nitrogens with zero attached hydrogens (tertiary/aromatic N) is 2. The Morgan fingerprint density at radius 2 is 1.83 bits per heavy atom. The number of aromatic nitrogens is 2. The summed E-state index contributed by atoms with van der Waals surface area (Å²) in [6, 6.07) is 0. The monoisotopic (exact) mass is 162 g/mol. The molecular formula is C10H14N2. The molecule has 64 valence electrons. The van der Waals surface area contributed by atoms with Crippen LogP contribution in [0.3, 0.4) is 0 Å². The molecule has 0 radical (unpaired) electrons. The molecule has 0 bridgehead atoms. The van der Waals surface area contributed by atoms with Gasteiger partial charge in [-0.15, -0.1) is 0 Å². The number of rotatable bonds is 0. The molecule has 1 aromatic heterocycles. The van der Waals surface area contributed by atoms with Gasteiger partial charge in [0.1, 0.15) is 5.69 Å². The Hall–Kier alpha value is -1.36. The number of aryl methyl sites for hydroxylation is 1. The third kappa shape index (κ3) is 3.72. The number of hydrogen-bond acceptors (Lipinski definition) is 2. The van der Waals surface area contributed by atoms with Crippen LogP contribution in [0.2, 0.25) is 0 Å². The normalized spacial score (nSPS) is 7.33. The van der Waals surface area contributed by atoms with Crippen LogP contribution in [-0.4, -0.2) is 9.97 Å². The first kappa shape index (κ1) is 10.6. The molecule has 0 aliphatic carbocycles. The largest absolute Gasteiger partial charge is 0.257 e. The molecule has 0 unspecified atom stereocenters. The predicted octanol–water partition coefficient (Wildman–Crippen LogP) is 2.18. The molecular weight excluding hydrogens is 148 g/mol. The molecule has 0 saturated carbocycles. The van der Waals surface area contributed by atoms with E-state index in [0.29, 0.717) is 0 Å². The van der Waals surface area contributed by atoms with Crippen molar-refractivity contribution < 1.29 is 0 Å². The summed E-state index contributed by atoms with van der Waals surface area (Å²) in [4.78, 5) is 8.06. The van der Waals surface area contributed by atoms with Gasteiger partial charge >= 0.3 is 0 Å². The Balaban J connectivity index is 0.000000561. The van der Waals surface area contributed by atoms with E-state index in [1.165, 1.54) is 0 Å². The zero-order valence-electron chi connectivity index (χ0n) is 8.05. The second-order valence-electron chi connectivity index (χ2n) is 1.92. The minimum Gasteiger partial charge on any atom is -0.257 e. The highest BCUT2D eigenvalue weighted by Crippen LogP contribution is 1.90. The first-order valence-electron chi connectivity index (χ1n) is 4.04. The maximum atomic E-state index is 4.03. The van der Waals surface area contributed by atoms with Crippen LogP contribution in [0.25, 0.3) is 0 Å². The predicted molar refractivity (Wildman–Crippen MR) is 50.7 cm³/mol.